The molecule has 0 fully saturated rings. The topological polar surface area (TPSA) is 56.2 Å². The van der Waals surface area contributed by atoms with Crippen LogP contribution in [0.5, 0.6) is 11.5 Å². The molecule has 1 N–H and O–H groups in total. The molecule has 0 saturated carbocycles. The Labute approximate surface area is 169 Å². The van der Waals surface area contributed by atoms with E-state index in [-0.39, 0.29) is 11.8 Å². The van der Waals surface area contributed by atoms with Crippen LogP contribution in [0, 0.1) is 0 Å². The van der Waals surface area contributed by atoms with Gasteiger partial charge in [-0.15, -0.1) is 0 Å². The largest absolute Gasteiger partial charge is 0.457 e. The Kier molecular flexibility index (Phi) is 4.28. The lowest BCUT2D eigenvalue weighted by Gasteiger charge is -2.27. The molecule has 144 valence electrons. The highest BCUT2D eigenvalue weighted by Gasteiger charge is 2.28. The van der Waals surface area contributed by atoms with Crippen LogP contribution in [0.2, 0.25) is 0 Å². The molecule has 0 spiro atoms. The van der Waals surface area contributed by atoms with Crippen molar-refractivity contribution in [3.63, 3.8) is 0 Å². The van der Waals surface area contributed by atoms with Gasteiger partial charge in [0.05, 0.1) is 17.6 Å². The molecule has 1 aromatic heterocycles. The SMILES string of the molecule is Cn1c(CNC(=O)CC2c3ccccc3Oc3ccccc32)nc2ccccc21. The van der Waals surface area contributed by atoms with Crippen molar-refractivity contribution in [1.82, 2.24) is 14.9 Å². The number of para-hydroxylation sites is 4. The Balaban J connectivity index is 1.36. The normalized spacial score (nSPS) is 12.9. The Bertz CT molecular complexity index is 1170. The molecule has 2 heterocycles. The number of benzene rings is 3. The van der Waals surface area contributed by atoms with Gasteiger partial charge < -0.3 is 14.6 Å². The number of carbonyl (C=O) groups excluding carboxylic acids is 1. The molecule has 29 heavy (non-hydrogen) atoms. The molecular weight excluding hydrogens is 362 g/mol. The van der Waals surface area contributed by atoms with Crippen molar-refractivity contribution in [3.8, 4) is 11.5 Å². The standard InChI is InChI=1S/C24H21N3O2/c1-27-20-11-5-4-10-19(20)26-23(27)15-25-24(28)14-18-16-8-2-6-12-21(16)29-22-13-7-3-9-17(18)22/h2-13,18H,14-15H2,1H3,(H,25,28). The molecule has 5 rings (SSSR count). The van der Waals surface area contributed by atoms with Crippen LogP contribution >= 0.6 is 0 Å². The van der Waals surface area contributed by atoms with E-state index in [1.807, 2.05) is 84.4 Å². The Morgan fingerprint density at radius 3 is 2.28 bits per heavy atom. The first-order valence-electron chi connectivity index (χ1n) is 9.73. The summed E-state index contributed by atoms with van der Waals surface area (Å²) in [5.41, 5.74) is 4.09. The van der Waals surface area contributed by atoms with E-state index in [1.165, 1.54) is 0 Å². The number of amides is 1. The van der Waals surface area contributed by atoms with Gasteiger partial charge in [0, 0.05) is 30.5 Å². The maximum Gasteiger partial charge on any atom is 0.221 e. The van der Waals surface area contributed by atoms with Crippen LogP contribution < -0.4 is 10.1 Å². The summed E-state index contributed by atoms with van der Waals surface area (Å²) in [4.78, 5) is 17.5. The molecule has 0 atom stereocenters. The first-order valence-corrected chi connectivity index (χ1v) is 9.73. The highest BCUT2D eigenvalue weighted by Crippen LogP contribution is 2.45. The van der Waals surface area contributed by atoms with Gasteiger partial charge in [-0.25, -0.2) is 4.98 Å². The van der Waals surface area contributed by atoms with Gasteiger partial charge in [0.25, 0.3) is 0 Å². The van der Waals surface area contributed by atoms with Crippen molar-refractivity contribution in [2.24, 2.45) is 7.05 Å². The lowest BCUT2D eigenvalue weighted by Crippen LogP contribution is -2.27. The zero-order valence-electron chi connectivity index (χ0n) is 16.1. The average molecular weight is 383 g/mol. The zero-order valence-corrected chi connectivity index (χ0v) is 16.1. The smallest absolute Gasteiger partial charge is 0.221 e. The maximum absolute atomic E-state index is 12.8. The van der Waals surface area contributed by atoms with Gasteiger partial charge >= 0.3 is 0 Å². The van der Waals surface area contributed by atoms with Crippen LogP contribution in [0.15, 0.2) is 72.8 Å². The fraction of sp³-hybridized carbons (Fsp3) is 0.167. The van der Waals surface area contributed by atoms with Crippen molar-refractivity contribution in [1.29, 1.82) is 0 Å². The van der Waals surface area contributed by atoms with Crippen LogP contribution in [0.25, 0.3) is 11.0 Å². The second kappa shape index (κ2) is 7.09. The zero-order chi connectivity index (χ0) is 19.8. The summed E-state index contributed by atoms with van der Waals surface area (Å²) in [6, 6.07) is 23.8. The highest BCUT2D eigenvalue weighted by molar-refractivity contribution is 5.79. The van der Waals surface area contributed by atoms with Crippen LogP contribution in [-0.4, -0.2) is 15.5 Å². The third-order valence-corrected chi connectivity index (χ3v) is 5.52. The Hall–Kier alpha value is -3.60. The summed E-state index contributed by atoms with van der Waals surface area (Å²) in [7, 11) is 1.97. The van der Waals surface area contributed by atoms with Crippen molar-refractivity contribution in [3.05, 3.63) is 89.7 Å². The van der Waals surface area contributed by atoms with Gasteiger partial charge in [0.2, 0.25) is 5.91 Å². The molecule has 3 aromatic carbocycles. The number of carbonyl (C=O) groups is 1. The molecule has 0 radical (unpaired) electrons. The number of hydrogen-bond donors (Lipinski definition) is 1. The number of aromatic nitrogens is 2. The van der Waals surface area contributed by atoms with Crippen LogP contribution in [-0.2, 0) is 18.4 Å². The molecule has 1 amide bonds. The molecule has 4 aromatic rings. The fourth-order valence-corrected chi connectivity index (χ4v) is 4.02. The minimum Gasteiger partial charge on any atom is -0.457 e. The molecule has 5 nitrogen and oxygen atoms in total. The number of ether oxygens (including phenoxy) is 1. The summed E-state index contributed by atoms with van der Waals surface area (Å²) in [5, 5.41) is 3.05. The summed E-state index contributed by atoms with van der Waals surface area (Å²) in [5.74, 6) is 2.44. The number of fused-ring (bicyclic) bond motifs is 3. The third-order valence-electron chi connectivity index (χ3n) is 5.52. The number of imidazole rings is 1. The first kappa shape index (κ1) is 17.5. The number of aryl methyl sites for hydroxylation is 1. The Morgan fingerprint density at radius 2 is 1.59 bits per heavy atom. The maximum atomic E-state index is 12.8. The minimum atomic E-state index is -0.0309. The lowest BCUT2D eigenvalue weighted by atomic mass is 9.85. The van der Waals surface area contributed by atoms with E-state index in [2.05, 4.69) is 10.3 Å². The quantitative estimate of drug-likeness (QED) is 0.564. The third kappa shape index (κ3) is 3.14. The molecule has 0 unspecified atom stereocenters. The molecule has 1 aliphatic heterocycles. The number of rotatable bonds is 4. The van der Waals surface area contributed by atoms with E-state index in [0.717, 1.165) is 39.5 Å². The minimum absolute atomic E-state index is 0.00596. The monoisotopic (exact) mass is 383 g/mol. The molecule has 1 aliphatic rings. The second-order valence-electron chi connectivity index (χ2n) is 7.29. The molecule has 0 saturated heterocycles. The number of hydrogen-bond acceptors (Lipinski definition) is 3. The van der Waals surface area contributed by atoms with Gasteiger partial charge in [0.1, 0.15) is 17.3 Å². The van der Waals surface area contributed by atoms with Crippen LogP contribution in [0.1, 0.15) is 29.3 Å². The van der Waals surface area contributed by atoms with Crippen molar-refractivity contribution in [2.75, 3.05) is 0 Å². The summed E-state index contributed by atoms with van der Waals surface area (Å²) < 4.78 is 8.05. The average Bonchev–Trinajstić information content (AvgIpc) is 3.08. The summed E-state index contributed by atoms with van der Waals surface area (Å²) >= 11 is 0. The predicted octanol–water partition coefficient (Wildman–Crippen LogP) is 4.52. The predicted molar refractivity (Wildman–Crippen MR) is 112 cm³/mol. The van der Waals surface area contributed by atoms with Gasteiger partial charge in [-0.3, -0.25) is 4.79 Å². The van der Waals surface area contributed by atoms with Gasteiger partial charge in [0.15, 0.2) is 0 Å². The molecule has 0 aliphatic carbocycles. The fourth-order valence-electron chi connectivity index (χ4n) is 4.02. The molecule has 5 heteroatoms. The first-order chi connectivity index (χ1) is 14.2. The molecule has 0 bridgehead atoms. The van der Waals surface area contributed by atoms with E-state index < -0.39 is 0 Å². The van der Waals surface area contributed by atoms with E-state index in [4.69, 9.17) is 4.74 Å². The van der Waals surface area contributed by atoms with E-state index in [0.29, 0.717) is 13.0 Å². The van der Waals surface area contributed by atoms with Gasteiger partial charge in [-0.05, 0) is 24.3 Å². The van der Waals surface area contributed by atoms with Crippen molar-refractivity contribution in [2.45, 2.75) is 18.9 Å². The van der Waals surface area contributed by atoms with Gasteiger partial charge in [-0.2, -0.15) is 0 Å². The summed E-state index contributed by atoms with van der Waals surface area (Å²) in [6.45, 7) is 0.399. The second-order valence-corrected chi connectivity index (χ2v) is 7.29. The van der Waals surface area contributed by atoms with Crippen LogP contribution in [0.3, 0.4) is 0 Å². The van der Waals surface area contributed by atoms with E-state index in [9.17, 15) is 4.79 Å². The number of nitrogens with zero attached hydrogens (tertiary/aromatic N) is 2. The van der Waals surface area contributed by atoms with E-state index >= 15 is 0 Å². The van der Waals surface area contributed by atoms with Crippen LogP contribution in [0.4, 0.5) is 0 Å². The van der Waals surface area contributed by atoms with Crippen molar-refractivity contribution < 1.29 is 9.53 Å². The highest BCUT2D eigenvalue weighted by atomic mass is 16.5. The lowest BCUT2D eigenvalue weighted by molar-refractivity contribution is -0.121. The Morgan fingerprint density at radius 1 is 0.966 bits per heavy atom. The number of nitrogens with one attached hydrogen (secondary N) is 1. The van der Waals surface area contributed by atoms with E-state index in [1.54, 1.807) is 0 Å². The van der Waals surface area contributed by atoms with Crippen molar-refractivity contribution >= 4 is 16.9 Å². The molecular formula is C24H21N3O2. The summed E-state index contributed by atoms with van der Waals surface area (Å²) in [6.07, 6.45) is 0.362. The van der Waals surface area contributed by atoms with Gasteiger partial charge in [-0.1, -0.05) is 48.5 Å².